The zero-order valence-corrected chi connectivity index (χ0v) is 13.0. The monoisotopic (exact) mass is 286 g/mol. The van der Waals surface area contributed by atoms with Crippen LogP contribution in [0.25, 0.3) is 0 Å². The summed E-state index contributed by atoms with van der Waals surface area (Å²) in [4.78, 5) is 15.1. The number of carbonyl (C=O) groups excluding carboxylic acids is 1. The van der Waals surface area contributed by atoms with E-state index in [0.29, 0.717) is 11.9 Å². The Labute approximate surface area is 127 Å². The highest BCUT2D eigenvalue weighted by Crippen LogP contribution is 2.35. The molecule has 1 fully saturated rings. The molecule has 3 heteroatoms. The molecule has 0 spiro atoms. The third-order valence-corrected chi connectivity index (χ3v) is 4.79. The van der Waals surface area contributed by atoms with E-state index >= 15 is 0 Å². The van der Waals surface area contributed by atoms with Gasteiger partial charge in [0.25, 0.3) is 0 Å². The van der Waals surface area contributed by atoms with E-state index < -0.39 is 0 Å². The molecule has 3 rings (SSSR count). The molecule has 1 amide bonds. The minimum atomic E-state index is 0.0388. The molecular formula is C18H26N2O. The summed E-state index contributed by atoms with van der Waals surface area (Å²) in [7, 11) is 0. The van der Waals surface area contributed by atoms with Gasteiger partial charge in [0.15, 0.2) is 0 Å². The number of rotatable bonds is 1. The largest absolute Gasteiger partial charge is 0.382 e. The quantitative estimate of drug-likeness (QED) is 0.852. The third-order valence-electron chi connectivity index (χ3n) is 4.79. The van der Waals surface area contributed by atoms with Crippen LogP contribution in [0.4, 0.5) is 5.69 Å². The molecule has 21 heavy (non-hydrogen) atoms. The molecule has 1 saturated heterocycles. The van der Waals surface area contributed by atoms with Crippen LogP contribution in [0.2, 0.25) is 0 Å². The number of carbonyl (C=O) groups is 1. The topological polar surface area (TPSA) is 32.3 Å². The van der Waals surface area contributed by atoms with Gasteiger partial charge in [-0.05, 0) is 37.8 Å². The molecule has 2 aliphatic rings. The summed E-state index contributed by atoms with van der Waals surface area (Å²) in [6.07, 6.45) is 7.09. The minimum absolute atomic E-state index is 0.0388. The van der Waals surface area contributed by atoms with Crippen LogP contribution in [0.15, 0.2) is 24.3 Å². The predicted molar refractivity (Wildman–Crippen MR) is 86.5 cm³/mol. The summed E-state index contributed by atoms with van der Waals surface area (Å²) in [6, 6.07) is 8.66. The van der Waals surface area contributed by atoms with E-state index in [1.54, 1.807) is 0 Å². The molecule has 2 unspecified atom stereocenters. The number of nitrogens with one attached hydrogen (secondary N) is 1. The van der Waals surface area contributed by atoms with Crippen molar-refractivity contribution in [2.75, 3.05) is 18.4 Å². The summed E-state index contributed by atoms with van der Waals surface area (Å²) >= 11 is 0. The molecule has 1 aromatic carbocycles. The lowest BCUT2D eigenvalue weighted by atomic mass is 9.86. The average Bonchev–Trinajstić information content (AvgIpc) is 2.45. The number of hydrogen-bond acceptors (Lipinski definition) is 2. The maximum atomic E-state index is 13.0. The summed E-state index contributed by atoms with van der Waals surface area (Å²) in [6.45, 7) is 4.06. The molecule has 1 N–H and O–H groups in total. The molecular weight excluding hydrogens is 260 g/mol. The van der Waals surface area contributed by atoms with Gasteiger partial charge < -0.3 is 10.2 Å². The predicted octanol–water partition coefficient (Wildman–Crippen LogP) is 3.77. The average molecular weight is 286 g/mol. The fourth-order valence-corrected chi connectivity index (χ4v) is 3.66. The standard InChI is InChI=1S/C18H26N2O/c1-14-13-16(15-9-5-6-10-17(15)19-14)18(21)20-11-7-3-2-4-8-12-20/h5-6,9-10,14,16,19H,2-4,7-8,11-13H2,1H3. The summed E-state index contributed by atoms with van der Waals surface area (Å²) in [5.41, 5.74) is 2.32. The Morgan fingerprint density at radius 1 is 1.10 bits per heavy atom. The van der Waals surface area contributed by atoms with Gasteiger partial charge in [0.05, 0.1) is 5.92 Å². The van der Waals surface area contributed by atoms with E-state index in [0.717, 1.165) is 38.0 Å². The van der Waals surface area contributed by atoms with Gasteiger partial charge in [0.1, 0.15) is 0 Å². The lowest BCUT2D eigenvalue weighted by Crippen LogP contribution is -2.40. The summed E-state index contributed by atoms with van der Waals surface area (Å²) in [5, 5.41) is 3.50. The van der Waals surface area contributed by atoms with Crippen molar-refractivity contribution in [3.63, 3.8) is 0 Å². The van der Waals surface area contributed by atoms with Gasteiger partial charge in [0, 0.05) is 24.8 Å². The first-order chi connectivity index (χ1) is 10.3. The first-order valence-electron chi connectivity index (χ1n) is 8.40. The van der Waals surface area contributed by atoms with E-state index in [9.17, 15) is 4.79 Å². The zero-order chi connectivity index (χ0) is 14.7. The van der Waals surface area contributed by atoms with Crippen molar-refractivity contribution in [2.45, 2.75) is 57.4 Å². The number of fused-ring (bicyclic) bond motifs is 1. The number of anilines is 1. The molecule has 1 aromatic rings. The number of amides is 1. The smallest absolute Gasteiger partial charge is 0.230 e. The van der Waals surface area contributed by atoms with Crippen molar-refractivity contribution in [1.29, 1.82) is 0 Å². The van der Waals surface area contributed by atoms with Gasteiger partial charge >= 0.3 is 0 Å². The number of nitrogens with zero attached hydrogens (tertiary/aromatic N) is 1. The van der Waals surface area contributed by atoms with Crippen LogP contribution in [-0.2, 0) is 4.79 Å². The van der Waals surface area contributed by atoms with Crippen molar-refractivity contribution in [1.82, 2.24) is 4.90 Å². The normalized spacial score (nSPS) is 26.2. The molecule has 2 heterocycles. The van der Waals surface area contributed by atoms with Crippen molar-refractivity contribution in [2.24, 2.45) is 0 Å². The molecule has 2 atom stereocenters. The Balaban J connectivity index is 1.80. The van der Waals surface area contributed by atoms with Gasteiger partial charge in [-0.25, -0.2) is 0 Å². The molecule has 0 aliphatic carbocycles. The molecule has 0 radical (unpaired) electrons. The van der Waals surface area contributed by atoms with Crippen LogP contribution in [-0.4, -0.2) is 29.9 Å². The Hall–Kier alpha value is -1.51. The van der Waals surface area contributed by atoms with Crippen molar-refractivity contribution in [3.05, 3.63) is 29.8 Å². The lowest BCUT2D eigenvalue weighted by molar-refractivity contribution is -0.133. The maximum absolute atomic E-state index is 13.0. The second-order valence-electron chi connectivity index (χ2n) is 6.51. The number of hydrogen-bond donors (Lipinski definition) is 1. The fraction of sp³-hybridized carbons (Fsp3) is 0.611. The van der Waals surface area contributed by atoms with Gasteiger partial charge in [0.2, 0.25) is 5.91 Å². The molecule has 3 nitrogen and oxygen atoms in total. The van der Waals surface area contributed by atoms with Crippen LogP contribution in [0.3, 0.4) is 0 Å². The van der Waals surface area contributed by atoms with E-state index in [-0.39, 0.29) is 5.92 Å². The van der Waals surface area contributed by atoms with Gasteiger partial charge in [-0.2, -0.15) is 0 Å². The number of para-hydroxylation sites is 1. The number of likely N-dealkylation sites (tertiary alicyclic amines) is 1. The SMILES string of the molecule is CC1CC(C(=O)N2CCCCCCC2)c2ccccc2N1. The van der Waals surface area contributed by atoms with Gasteiger partial charge in [-0.15, -0.1) is 0 Å². The highest BCUT2D eigenvalue weighted by molar-refractivity contribution is 5.86. The van der Waals surface area contributed by atoms with Crippen molar-refractivity contribution in [3.8, 4) is 0 Å². The Kier molecular flexibility index (Phi) is 4.47. The van der Waals surface area contributed by atoms with Crippen LogP contribution >= 0.6 is 0 Å². The van der Waals surface area contributed by atoms with Crippen molar-refractivity contribution >= 4 is 11.6 Å². The van der Waals surface area contributed by atoms with E-state index in [2.05, 4.69) is 29.3 Å². The van der Waals surface area contributed by atoms with Crippen molar-refractivity contribution < 1.29 is 4.79 Å². The number of benzene rings is 1. The van der Waals surface area contributed by atoms with E-state index in [1.165, 1.54) is 24.8 Å². The highest BCUT2D eigenvalue weighted by atomic mass is 16.2. The molecule has 2 aliphatic heterocycles. The van der Waals surface area contributed by atoms with Crippen LogP contribution in [0.5, 0.6) is 0 Å². The second-order valence-corrected chi connectivity index (χ2v) is 6.51. The molecule has 0 bridgehead atoms. The Bertz CT molecular complexity index is 492. The van der Waals surface area contributed by atoms with Crippen LogP contribution < -0.4 is 5.32 Å². The lowest BCUT2D eigenvalue weighted by Gasteiger charge is -2.34. The van der Waals surface area contributed by atoms with Gasteiger partial charge in [-0.1, -0.05) is 37.5 Å². The summed E-state index contributed by atoms with van der Waals surface area (Å²) < 4.78 is 0. The van der Waals surface area contributed by atoms with Crippen LogP contribution in [0, 0.1) is 0 Å². The maximum Gasteiger partial charge on any atom is 0.230 e. The van der Waals surface area contributed by atoms with E-state index in [1.807, 2.05) is 12.1 Å². The Morgan fingerprint density at radius 2 is 1.76 bits per heavy atom. The van der Waals surface area contributed by atoms with E-state index in [4.69, 9.17) is 0 Å². The first kappa shape index (κ1) is 14.4. The third kappa shape index (κ3) is 3.22. The minimum Gasteiger partial charge on any atom is -0.382 e. The van der Waals surface area contributed by atoms with Crippen LogP contribution in [0.1, 0.15) is 56.9 Å². The first-order valence-corrected chi connectivity index (χ1v) is 8.40. The molecule has 0 saturated carbocycles. The molecule has 0 aromatic heterocycles. The fourth-order valence-electron chi connectivity index (χ4n) is 3.66. The Morgan fingerprint density at radius 3 is 2.52 bits per heavy atom. The highest BCUT2D eigenvalue weighted by Gasteiger charge is 2.32. The second kappa shape index (κ2) is 6.50. The zero-order valence-electron chi connectivity index (χ0n) is 13.0. The summed E-state index contributed by atoms with van der Waals surface area (Å²) in [5.74, 6) is 0.384. The molecule has 114 valence electrons. The van der Waals surface area contributed by atoms with Gasteiger partial charge in [-0.3, -0.25) is 4.79 Å².